The molecule has 2 aromatic carbocycles. The van der Waals surface area contributed by atoms with Crippen LogP contribution in [0.5, 0.6) is 0 Å². The molecule has 0 spiro atoms. The summed E-state index contributed by atoms with van der Waals surface area (Å²) < 4.78 is 27.3. The molecule has 0 aliphatic heterocycles. The summed E-state index contributed by atoms with van der Waals surface area (Å²) in [7, 11) is -3.65. The summed E-state index contributed by atoms with van der Waals surface area (Å²) in [6.45, 7) is 4.32. The van der Waals surface area contributed by atoms with Crippen LogP contribution in [0, 0.1) is 5.92 Å². The van der Waals surface area contributed by atoms with Gasteiger partial charge in [0.1, 0.15) is 12.1 Å². The van der Waals surface area contributed by atoms with Crippen LogP contribution < -0.4 is 5.73 Å². The Hall–Kier alpha value is -1.73. The van der Waals surface area contributed by atoms with Crippen molar-refractivity contribution in [2.24, 2.45) is 5.92 Å². The first kappa shape index (κ1) is 20.6. The van der Waals surface area contributed by atoms with Gasteiger partial charge in [0, 0.05) is 19.5 Å². The highest BCUT2D eigenvalue weighted by atomic mass is 32.2. The van der Waals surface area contributed by atoms with Gasteiger partial charge in [-0.25, -0.2) is 8.42 Å². The zero-order chi connectivity index (χ0) is 19.2. The molecule has 5 nitrogen and oxygen atoms in total. The number of benzene rings is 2. The van der Waals surface area contributed by atoms with E-state index in [0.717, 1.165) is 5.56 Å². The van der Waals surface area contributed by atoms with Crippen LogP contribution in [0.3, 0.4) is 0 Å². The molecule has 0 amide bonds. The summed E-state index contributed by atoms with van der Waals surface area (Å²) in [5.41, 5.74) is 5.13. The van der Waals surface area contributed by atoms with Gasteiger partial charge in [0.05, 0.1) is 4.90 Å². The molecular formula is C20H29N2O3S+. The van der Waals surface area contributed by atoms with Crippen LogP contribution >= 0.6 is 0 Å². The van der Waals surface area contributed by atoms with Crippen LogP contribution in [-0.2, 0) is 16.4 Å². The van der Waals surface area contributed by atoms with E-state index in [4.69, 9.17) is 0 Å². The van der Waals surface area contributed by atoms with Gasteiger partial charge < -0.3 is 10.8 Å². The van der Waals surface area contributed by atoms with E-state index in [2.05, 4.69) is 5.73 Å². The topological polar surface area (TPSA) is 85.2 Å². The van der Waals surface area contributed by atoms with Crippen LogP contribution in [0.25, 0.3) is 0 Å². The SMILES string of the molecule is CC(C)CN(C[C@@H](O)[C@@H]([NH3+])Cc1ccccc1)S(=O)(=O)c1ccccc1. The lowest BCUT2D eigenvalue weighted by atomic mass is 10.0. The molecule has 2 aromatic rings. The Morgan fingerprint density at radius 1 is 0.962 bits per heavy atom. The molecule has 0 saturated heterocycles. The third-order valence-corrected chi connectivity index (χ3v) is 6.07. The molecule has 0 aromatic heterocycles. The second-order valence-corrected chi connectivity index (χ2v) is 8.98. The van der Waals surface area contributed by atoms with E-state index in [1.165, 1.54) is 4.31 Å². The number of aliphatic hydroxyl groups is 1. The van der Waals surface area contributed by atoms with Gasteiger partial charge in [0.15, 0.2) is 0 Å². The second-order valence-electron chi connectivity index (χ2n) is 7.05. The van der Waals surface area contributed by atoms with Crippen molar-refractivity contribution in [1.82, 2.24) is 4.31 Å². The monoisotopic (exact) mass is 377 g/mol. The third kappa shape index (κ3) is 5.64. The number of hydrogen-bond acceptors (Lipinski definition) is 3. The molecule has 2 rings (SSSR count). The molecule has 0 saturated carbocycles. The van der Waals surface area contributed by atoms with Crippen molar-refractivity contribution in [2.45, 2.75) is 37.3 Å². The number of nitrogens with zero attached hydrogens (tertiary/aromatic N) is 1. The maximum Gasteiger partial charge on any atom is 0.243 e. The van der Waals surface area contributed by atoms with Gasteiger partial charge in [-0.15, -0.1) is 0 Å². The predicted octanol–water partition coefficient (Wildman–Crippen LogP) is 1.55. The highest BCUT2D eigenvalue weighted by Gasteiger charge is 2.30. The van der Waals surface area contributed by atoms with Crippen molar-refractivity contribution < 1.29 is 19.3 Å². The molecule has 0 aliphatic carbocycles. The molecule has 2 atom stereocenters. The summed E-state index contributed by atoms with van der Waals surface area (Å²) in [4.78, 5) is 0.247. The fraction of sp³-hybridized carbons (Fsp3) is 0.400. The van der Waals surface area contributed by atoms with E-state index in [1.54, 1.807) is 30.3 Å². The maximum atomic E-state index is 13.0. The Kier molecular flexibility index (Phi) is 7.34. The standard InChI is InChI=1S/C20H28N2O3S/c1-16(2)14-22(26(24,25)18-11-7-4-8-12-18)15-20(23)19(21)13-17-9-5-3-6-10-17/h3-12,16,19-20,23H,13-15,21H2,1-2H3/p+1/t19-,20+/m0/s1. The second kappa shape index (κ2) is 9.28. The number of rotatable bonds is 9. The van der Waals surface area contributed by atoms with Gasteiger partial charge in [-0.3, -0.25) is 0 Å². The molecule has 4 N–H and O–H groups in total. The Bertz CT molecular complexity index is 764. The van der Waals surface area contributed by atoms with Crippen molar-refractivity contribution in [1.29, 1.82) is 0 Å². The van der Waals surface area contributed by atoms with Crippen LogP contribution in [0.15, 0.2) is 65.6 Å². The molecule has 6 heteroatoms. The van der Waals surface area contributed by atoms with Crippen LogP contribution in [0.1, 0.15) is 19.4 Å². The highest BCUT2D eigenvalue weighted by molar-refractivity contribution is 7.89. The lowest BCUT2D eigenvalue weighted by molar-refractivity contribution is -0.437. The Morgan fingerprint density at radius 2 is 1.50 bits per heavy atom. The summed E-state index contributed by atoms with van der Waals surface area (Å²) in [6.07, 6.45) is -0.240. The zero-order valence-electron chi connectivity index (χ0n) is 15.5. The molecular weight excluding hydrogens is 348 g/mol. The average molecular weight is 378 g/mol. The first-order valence-corrected chi connectivity index (χ1v) is 10.3. The number of aliphatic hydroxyl groups excluding tert-OH is 1. The fourth-order valence-corrected chi connectivity index (χ4v) is 4.47. The van der Waals surface area contributed by atoms with E-state index < -0.39 is 16.1 Å². The molecule has 0 fully saturated rings. The van der Waals surface area contributed by atoms with E-state index in [0.29, 0.717) is 13.0 Å². The summed E-state index contributed by atoms with van der Waals surface area (Å²) in [6, 6.07) is 17.9. The lowest BCUT2D eigenvalue weighted by Crippen LogP contribution is -2.69. The predicted molar refractivity (Wildman–Crippen MR) is 103 cm³/mol. The van der Waals surface area contributed by atoms with Gasteiger partial charge in [0.25, 0.3) is 0 Å². The van der Waals surface area contributed by atoms with Crippen molar-refractivity contribution in [3.05, 3.63) is 66.2 Å². The number of hydrogen-bond donors (Lipinski definition) is 2. The van der Waals surface area contributed by atoms with Crippen LogP contribution in [0.4, 0.5) is 0 Å². The molecule has 0 aliphatic rings. The van der Waals surface area contributed by atoms with Crippen molar-refractivity contribution in [3.8, 4) is 0 Å². The smallest absolute Gasteiger partial charge is 0.243 e. The highest BCUT2D eigenvalue weighted by Crippen LogP contribution is 2.18. The van der Waals surface area contributed by atoms with Crippen LogP contribution in [0.2, 0.25) is 0 Å². The van der Waals surface area contributed by atoms with E-state index >= 15 is 0 Å². The normalized spacial score (nSPS) is 14.5. The summed E-state index contributed by atoms with van der Waals surface area (Å²) >= 11 is 0. The molecule has 26 heavy (non-hydrogen) atoms. The molecule has 0 unspecified atom stereocenters. The van der Waals surface area contributed by atoms with Gasteiger partial charge in [-0.1, -0.05) is 62.4 Å². The van der Waals surface area contributed by atoms with E-state index in [9.17, 15) is 13.5 Å². The quantitative estimate of drug-likeness (QED) is 0.695. The maximum absolute atomic E-state index is 13.0. The van der Waals surface area contributed by atoms with Crippen molar-refractivity contribution >= 4 is 10.0 Å². The molecule has 142 valence electrons. The van der Waals surface area contributed by atoms with Crippen molar-refractivity contribution in [3.63, 3.8) is 0 Å². The zero-order valence-corrected chi connectivity index (χ0v) is 16.3. The minimum absolute atomic E-state index is 0.0381. The average Bonchev–Trinajstić information content (AvgIpc) is 2.62. The summed E-state index contributed by atoms with van der Waals surface area (Å²) in [5, 5.41) is 10.6. The van der Waals surface area contributed by atoms with E-state index in [1.807, 2.05) is 44.2 Å². The van der Waals surface area contributed by atoms with Gasteiger partial charge in [-0.05, 0) is 23.6 Å². The Labute approximate surface area is 156 Å². The van der Waals surface area contributed by atoms with Gasteiger partial charge >= 0.3 is 0 Å². The van der Waals surface area contributed by atoms with Crippen molar-refractivity contribution in [2.75, 3.05) is 13.1 Å². The molecule has 0 radical (unpaired) electrons. The minimum Gasteiger partial charge on any atom is -0.386 e. The van der Waals surface area contributed by atoms with Crippen LogP contribution in [-0.4, -0.2) is 43.1 Å². The Morgan fingerprint density at radius 3 is 2.04 bits per heavy atom. The lowest BCUT2D eigenvalue weighted by Gasteiger charge is -2.27. The molecule has 0 heterocycles. The number of quaternary nitrogens is 1. The largest absolute Gasteiger partial charge is 0.386 e. The third-order valence-electron chi connectivity index (χ3n) is 4.23. The first-order chi connectivity index (χ1) is 12.3. The van der Waals surface area contributed by atoms with Gasteiger partial charge in [-0.2, -0.15) is 4.31 Å². The van der Waals surface area contributed by atoms with E-state index in [-0.39, 0.29) is 23.4 Å². The summed E-state index contributed by atoms with van der Waals surface area (Å²) in [5.74, 6) is 0.151. The Balaban J connectivity index is 2.14. The fourth-order valence-electron chi connectivity index (χ4n) is 2.83. The minimum atomic E-state index is -3.65. The molecule has 0 bridgehead atoms. The number of sulfonamides is 1. The van der Waals surface area contributed by atoms with Gasteiger partial charge in [0.2, 0.25) is 10.0 Å². The first-order valence-electron chi connectivity index (χ1n) is 8.91.